The van der Waals surface area contributed by atoms with Crippen LogP contribution in [0.15, 0.2) is 23.0 Å². The standard InChI is InChI=1S/C12H9ClN4S2/c1-6-15-3-8(11(14)16-6)12-17-9(5-19-12)7-2-10(13)18-4-7/h2-5H,1H3,(H2,14,15,16). The average molecular weight is 309 g/mol. The van der Waals surface area contributed by atoms with Gasteiger partial charge in [-0.1, -0.05) is 11.6 Å². The highest BCUT2D eigenvalue weighted by atomic mass is 35.5. The minimum Gasteiger partial charge on any atom is -0.383 e. The maximum atomic E-state index is 5.93. The van der Waals surface area contributed by atoms with Gasteiger partial charge in [0.1, 0.15) is 16.6 Å². The van der Waals surface area contributed by atoms with Crippen LogP contribution in [-0.4, -0.2) is 15.0 Å². The monoisotopic (exact) mass is 308 g/mol. The van der Waals surface area contributed by atoms with Crippen molar-refractivity contribution in [3.63, 3.8) is 0 Å². The molecule has 0 aliphatic heterocycles. The summed E-state index contributed by atoms with van der Waals surface area (Å²) in [4.78, 5) is 12.9. The molecule has 2 N–H and O–H groups in total. The third kappa shape index (κ3) is 2.47. The van der Waals surface area contributed by atoms with Crippen LogP contribution in [0.25, 0.3) is 21.8 Å². The van der Waals surface area contributed by atoms with Crippen LogP contribution in [0.5, 0.6) is 0 Å². The summed E-state index contributed by atoms with van der Waals surface area (Å²) < 4.78 is 0.753. The third-order valence-electron chi connectivity index (χ3n) is 2.54. The van der Waals surface area contributed by atoms with E-state index in [-0.39, 0.29) is 0 Å². The molecule has 3 aromatic heterocycles. The lowest BCUT2D eigenvalue weighted by atomic mass is 10.2. The Morgan fingerprint density at radius 3 is 2.74 bits per heavy atom. The number of nitrogen functional groups attached to an aromatic ring is 1. The molecule has 0 saturated carbocycles. The molecule has 19 heavy (non-hydrogen) atoms. The van der Waals surface area contributed by atoms with Gasteiger partial charge in [-0.3, -0.25) is 0 Å². The minimum absolute atomic E-state index is 0.455. The summed E-state index contributed by atoms with van der Waals surface area (Å²) in [5.41, 5.74) is 8.58. The molecule has 0 unspecified atom stereocenters. The van der Waals surface area contributed by atoms with Gasteiger partial charge in [0.15, 0.2) is 0 Å². The Kier molecular flexibility index (Phi) is 3.22. The average Bonchev–Trinajstić information content (AvgIpc) is 2.97. The van der Waals surface area contributed by atoms with E-state index in [0.717, 1.165) is 26.2 Å². The van der Waals surface area contributed by atoms with E-state index in [0.29, 0.717) is 11.6 Å². The molecular weight excluding hydrogens is 300 g/mol. The fourth-order valence-corrected chi connectivity index (χ4v) is 3.35. The second-order valence-electron chi connectivity index (χ2n) is 3.89. The molecule has 0 bridgehead atoms. The number of rotatable bonds is 2. The molecule has 3 heterocycles. The maximum Gasteiger partial charge on any atom is 0.137 e. The summed E-state index contributed by atoms with van der Waals surface area (Å²) in [6.45, 7) is 1.81. The van der Waals surface area contributed by atoms with Crippen molar-refractivity contribution in [3.05, 3.63) is 33.2 Å². The van der Waals surface area contributed by atoms with Crippen LogP contribution < -0.4 is 5.73 Å². The number of anilines is 1. The molecule has 96 valence electrons. The molecule has 0 spiro atoms. The highest BCUT2D eigenvalue weighted by Crippen LogP contribution is 2.33. The van der Waals surface area contributed by atoms with Gasteiger partial charge >= 0.3 is 0 Å². The van der Waals surface area contributed by atoms with E-state index < -0.39 is 0 Å². The zero-order valence-corrected chi connectivity index (χ0v) is 12.3. The molecule has 0 aliphatic carbocycles. The second-order valence-corrected chi connectivity index (χ2v) is 6.29. The van der Waals surface area contributed by atoms with Gasteiger partial charge in [0.2, 0.25) is 0 Å². The maximum absolute atomic E-state index is 5.93. The van der Waals surface area contributed by atoms with Crippen molar-refractivity contribution in [3.8, 4) is 21.8 Å². The topological polar surface area (TPSA) is 64.7 Å². The quantitative estimate of drug-likeness (QED) is 0.780. The zero-order valence-electron chi connectivity index (χ0n) is 9.92. The van der Waals surface area contributed by atoms with Gasteiger partial charge in [-0.25, -0.2) is 15.0 Å². The predicted molar refractivity (Wildman–Crippen MR) is 80.6 cm³/mol. The van der Waals surface area contributed by atoms with Crippen molar-refractivity contribution >= 4 is 40.1 Å². The highest BCUT2D eigenvalue weighted by Gasteiger charge is 2.11. The van der Waals surface area contributed by atoms with Crippen molar-refractivity contribution in [2.75, 3.05) is 5.73 Å². The predicted octanol–water partition coefficient (Wildman–Crippen LogP) is 3.87. The molecule has 4 nitrogen and oxygen atoms in total. The molecule has 0 aromatic carbocycles. The lowest BCUT2D eigenvalue weighted by Gasteiger charge is -2.00. The molecule has 0 saturated heterocycles. The SMILES string of the molecule is Cc1ncc(-c2nc(-c3csc(Cl)c3)cs2)c(N)n1. The lowest BCUT2D eigenvalue weighted by molar-refractivity contribution is 1.06. The summed E-state index contributed by atoms with van der Waals surface area (Å²) in [7, 11) is 0. The summed E-state index contributed by atoms with van der Waals surface area (Å²) >= 11 is 8.94. The Morgan fingerprint density at radius 2 is 2.05 bits per heavy atom. The number of hydrogen-bond acceptors (Lipinski definition) is 6. The summed E-state index contributed by atoms with van der Waals surface area (Å²) in [5, 5.41) is 4.78. The van der Waals surface area contributed by atoms with Crippen molar-refractivity contribution in [1.29, 1.82) is 0 Å². The van der Waals surface area contributed by atoms with Gasteiger partial charge < -0.3 is 5.73 Å². The molecule has 0 aliphatic rings. The van der Waals surface area contributed by atoms with E-state index in [1.165, 1.54) is 22.7 Å². The summed E-state index contributed by atoms with van der Waals surface area (Å²) in [5.74, 6) is 1.11. The van der Waals surface area contributed by atoms with Gasteiger partial charge in [0.05, 0.1) is 15.6 Å². The lowest BCUT2D eigenvalue weighted by Crippen LogP contribution is -1.97. The number of halogens is 1. The molecule has 0 radical (unpaired) electrons. The van der Waals surface area contributed by atoms with Gasteiger partial charge in [-0.2, -0.15) is 0 Å². The summed E-state index contributed by atoms with van der Waals surface area (Å²) in [6, 6.07) is 1.90. The molecule has 3 aromatic rings. The Morgan fingerprint density at radius 1 is 1.21 bits per heavy atom. The van der Waals surface area contributed by atoms with Crippen molar-refractivity contribution in [2.24, 2.45) is 0 Å². The van der Waals surface area contributed by atoms with Crippen LogP contribution in [0.3, 0.4) is 0 Å². The number of hydrogen-bond donors (Lipinski definition) is 1. The number of nitrogens with two attached hydrogens (primary N) is 1. The summed E-state index contributed by atoms with van der Waals surface area (Å²) in [6.07, 6.45) is 1.71. The van der Waals surface area contributed by atoms with Gasteiger partial charge in [-0.15, -0.1) is 22.7 Å². The van der Waals surface area contributed by atoms with E-state index in [4.69, 9.17) is 17.3 Å². The fraction of sp³-hybridized carbons (Fsp3) is 0.0833. The van der Waals surface area contributed by atoms with Crippen LogP contribution in [0, 0.1) is 6.92 Å². The molecule has 0 fully saturated rings. The number of thiophene rings is 1. The number of aryl methyl sites for hydroxylation is 1. The van der Waals surface area contributed by atoms with Crippen LogP contribution in [0.1, 0.15) is 5.82 Å². The second kappa shape index (κ2) is 4.88. The first kappa shape index (κ1) is 12.5. The fourth-order valence-electron chi connectivity index (χ4n) is 1.63. The van der Waals surface area contributed by atoms with Gasteiger partial charge in [0.25, 0.3) is 0 Å². The largest absolute Gasteiger partial charge is 0.383 e. The number of nitrogens with zero attached hydrogens (tertiary/aromatic N) is 3. The smallest absolute Gasteiger partial charge is 0.137 e. The van der Waals surface area contributed by atoms with Crippen molar-refractivity contribution < 1.29 is 0 Å². The highest BCUT2D eigenvalue weighted by molar-refractivity contribution is 7.15. The first-order valence-corrected chi connectivity index (χ1v) is 7.56. The minimum atomic E-state index is 0.455. The molecule has 0 atom stereocenters. The van der Waals surface area contributed by atoms with Crippen LogP contribution >= 0.6 is 34.3 Å². The van der Waals surface area contributed by atoms with E-state index in [2.05, 4.69) is 15.0 Å². The number of aromatic nitrogens is 3. The van der Waals surface area contributed by atoms with Crippen LogP contribution in [0.4, 0.5) is 5.82 Å². The van der Waals surface area contributed by atoms with E-state index in [9.17, 15) is 0 Å². The van der Waals surface area contributed by atoms with Crippen molar-refractivity contribution in [2.45, 2.75) is 6.92 Å². The van der Waals surface area contributed by atoms with Crippen LogP contribution in [0.2, 0.25) is 4.34 Å². The normalized spacial score (nSPS) is 10.8. The molecule has 0 amide bonds. The Bertz CT molecular complexity index is 735. The van der Waals surface area contributed by atoms with Crippen LogP contribution in [-0.2, 0) is 0 Å². The first-order valence-electron chi connectivity index (χ1n) is 5.43. The first-order chi connectivity index (χ1) is 9.13. The van der Waals surface area contributed by atoms with E-state index in [1.54, 1.807) is 13.1 Å². The molecular formula is C12H9ClN4S2. The Hall–Kier alpha value is -1.50. The Labute approximate surface area is 122 Å². The zero-order chi connectivity index (χ0) is 13.4. The molecule has 7 heteroatoms. The van der Waals surface area contributed by atoms with Gasteiger partial charge in [0, 0.05) is 22.5 Å². The Balaban J connectivity index is 2.01. The van der Waals surface area contributed by atoms with E-state index in [1.807, 2.05) is 16.8 Å². The molecule has 3 rings (SSSR count). The van der Waals surface area contributed by atoms with Gasteiger partial charge in [-0.05, 0) is 13.0 Å². The van der Waals surface area contributed by atoms with Crippen molar-refractivity contribution in [1.82, 2.24) is 15.0 Å². The van der Waals surface area contributed by atoms with E-state index >= 15 is 0 Å². The number of thiazole rings is 1. The third-order valence-corrected chi connectivity index (χ3v) is 4.50.